The van der Waals surface area contributed by atoms with Gasteiger partial charge in [-0.2, -0.15) is 5.10 Å². The number of carbonyl (C=O) groups is 1. The van der Waals surface area contributed by atoms with Gasteiger partial charge in [0.25, 0.3) is 5.91 Å². The molecule has 2 heterocycles. The Morgan fingerprint density at radius 3 is 2.61 bits per heavy atom. The molecule has 0 spiro atoms. The van der Waals surface area contributed by atoms with Crippen LogP contribution in [0, 0.1) is 6.92 Å². The molecule has 2 aromatic rings. The number of carbonyl (C=O) groups excluding carboxylic acids is 1. The molecule has 94 valence electrons. The van der Waals surface area contributed by atoms with Gasteiger partial charge in [-0.05, 0) is 6.92 Å². The first-order valence-corrected chi connectivity index (χ1v) is 5.95. The maximum Gasteiger partial charge on any atom is 0.277 e. The van der Waals surface area contributed by atoms with Crippen LogP contribution in [0.5, 0.6) is 0 Å². The van der Waals surface area contributed by atoms with Crippen molar-refractivity contribution < 1.29 is 4.79 Å². The van der Waals surface area contributed by atoms with Crippen LogP contribution in [0.4, 0.5) is 5.82 Å². The summed E-state index contributed by atoms with van der Waals surface area (Å²) in [5.74, 6) is -0.0187. The molecule has 2 aromatic heterocycles. The van der Waals surface area contributed by atoms with Gasteiger partial charge in [-0.1, -0.05) is 34.8 Å². The number of H-pyrrole nitrogens is 1. The van der Waals surface area contributed by atoms with Crippen LogP contribution in [0.25, 0.3) is 0 Å². The minimum absolute atomic E-state index is 0.0000617. The lowest BCUT2D eigenvalue weighted by atomic mass is 10.3. The molecule has 0 aliphatic carbocycles. The Hall–Kier alpha value is -1.30. The van der Waals surface area contributed by atoms with Gasteiger partial charge in [-0.15, -0.1) is 0 Å². The lowest BCUT2D eigenvalue weighted by molar-refractivity contribution is 0.102. The second-order valence-electron chi connectivity index (χ2n) is 3.46. The molecule has 2 rings (SSSR count). The second-order valence-corrected chi connectivity index (χ2v) is 4.63. The van der Waals surface area contributed by atoms with E-state index in [9.17, 15) is 4.79 Å². The summed E-state index contributed by atoms with van der Waals surface area (Å²) in [5, 5.41) is 9.31. The van der Waals surface area contributed by atoms with Crippen molar-refractivity contribution in [3.63, 3.8) is 0 Å². The number of anilines is 1. The van der Waals surface area contributed by atoms with E-state index in [1.165, 1.54) is 6.20 Å². The molecule has 0 aliphatic rings. The van der Waals surface area contributed by atoms with Crippen molar-refractivity contribution >= 4 is 46.5 Å². The minimum Gasteiger partial charge on any atom is -0.305 e. The van der Waals surface area contributed by atoms with Crippen LogP contribution in [-0.2, 0) is 0 Å². The average Bonchev–Trinajstić information content (AvgIpc) is 2.72. The van der Waals surface area contributed by atoms with Gasteiger partial charge in [0.15, 0.2) is 0 Å². The highest BCUT2D eigenvalue weighted by atomic mass is 35.5. The lowest BCUT2D eigenvalue weighted by Crippen LogP contribution is -2.15. The summed E-state index contributed by atoms with van der Waals surface area (Å²) in [6.45, 7) is 1.79. The molecule has 0 atom stereocenters. The predicted octanol–water partition coefficient (Wildman–Crippen LogP) is 3.33. The van der Waals surface area contributed by atoms with Gasteiger partial charge in [0.1, 0.15) is 11.5 Å². The van der Waals surface area contributed by atoms with Gasteiger partial charge in [0.05, 0.1) is 21.3 Å². The highest BCUT2D eigenvalue weighted by molar-refractivity contribution is 6.49. The fourth-order valence-corrected chi connectivity index (χ4v) is 1.81. The number of aromatic amines is 1. The minimum atomic E-state index is -0.495. The lowest BCUT2D eigenvalue weighted by Gasteiger charge is -2.06. The van der Waals surface area contributed by atoms with E-state index in [-0.39, 0.29) is 20.8 Å². The SMILES string of the molecule is Cc1cn[nH]c1NC(=O)c1ncc(Cl)c(Cl)c1Cl. The molecule has 0 saturated heterocycles. The first-order chi connectivity index (χ1) is 8.50. The number of nitrogens with one attached hydrogen (secondary N) is 2. The van der Waals surface area contributed by atoms with E-state index in [1.807, 2.05) is 0 Å². The fraction of sp³-hybridized carbons (Fsp3) is 0.100. The Morgan fingerprint density at radius 2 is 2.00 bits per heavy atom. The van der Waals surface area contributed by atoms with Gasteiger partial charge in [0, 0.05) is 11.8 Å². The highest BCUT2D eigenvalue weighted by Crippen LogP contribution is 2.31. The summed E-state index contributed by atoms with van der Waals surface area (Å²) in [7, 11) is 0. The van der Waals surface area contributed by atoms with E-state index < -0.39 is 5.91 Å². The third kappa shape index (κ3) is 2.43. The number of amides is 1. The molecule has 8 heteroatoms. The van der Waals surface area contributed by atoms with Crippen molar-refractivity contribution in [2.45, 2.75) is 6.92 Å². The van der Waals surface area contributed by atoms with E-state index in [0.717, 1.165) is 5.56 Å². The summed E-state index contributed by atoms with van der Waals surface area (Å²) in [6.07, 6.45) is 2.85. The zero-order chi connectivity index (χ0) is 13.3. The summed E-state index contributed by atoms with van der Waals surface area (Å²) in [4.78, 5) is 15.8. The van der Waals surface area contributed by atoms with Crippen LogP contribution in [0.3, 0.4) is 0 Å². The third-order valence-corrected chi connectivity index (χ3v) is 3.44. The Kier molecular flexibility index (Phi) is 3.75. The molecular formula is C10H7Cl3N4O. The molecule has 0 unspecified atom stereocenters. The summed E-state index contributed by atoms with van der Waals surface area (Å²) < 4.78 is 0. The standard InChI is InChI=1S/C10H7Cl3N4O/c1-4-2-15-17-9(4)16-10(18)8-7(13)6(12)5(11)3-14-8/h2-3H,1H3,(H2,15,16,17,18). The van der Waals surface area contributed by atoms with Crippen molar-refractivity contribution in [3.8, 4) is 0 Å². The maximum absolute atomic E-state index is 11.9. The smallest absolute Gasteiger partial charge is 0.277 e. The zero-order valence-electron chi connectivity index (χ0n) is 9.09. The Bertz CT molecular complexity index is 611. The van der Waals surface area contributed by atoms with Crippen molar-refractivity contribution in [3.05, 3.63) is 38.7 Å². The molecule has 0 aliphatic heterocycles. The van der Waals surface area contributed by atoms with Crippen LogP contribution < -0.4 is 5.32 Å². The normalized spacial score (nSPS) is 10.4. The van der Waals surface area contributed by atoms with E-state index in [0.29, 0.717) is 5.82 Å². The summed E-state index contributed by atoms with van der Waals surface area (Å²) in [6, 6.07) is 0. The molecule has 1 amide bonds. The van der Waals surface area contributed by atoms with Crippen LogP contribution in [0.2, 0.25) is 15.1 Å². The first kappa shape index (κ1) is 13.1. The summed E-state index contributed by atoms with van der Waals surface area (Å²) >= 11 is 17.5. The molecule has 2 N–H and O–H groups in total. The molecule has 0 aromatic carbocycles. The van der Waals surface area contributed by atoms with Crippen molar-refractivity contribution in [2.24, 2.45) is 0 Å². The molecular weight excluding hydrogens is 298 g/mol. The fourth-order valence-electron chi connectivity index (χ4n) is 1.25. The molecule has 5 nitrogen and oxygen atoms in total. The molecule has 0 saturated carbocycles. The Morgan fingerprint density at radius 1 is 1.28 bits per heavy atom. The second kappa shape index (κ2) is 5.14. The van der Waals surface area contributed by atoms with Crippen molar-refractivity contribution in [1.82, 2.24) is 15.2 Å². The van der Waals surface area contributed by atoms with Gasteiger partial charge >= 0.3 is 0 Å². The summed E-state index contributed by atoms with van der Waals surface area (Å²) in [5.41, 5.74) is 0.791. The molecule has 18 heavy (non-hydrogen) atoms. The Balaban J connectivity index is 2.30. The zero-order valence-corrected chi connectivity index (χ0v) is 11.4. The molecule has 0 radical (unpaired) electrons. The van der Waals surface area contributed by atoms with E-state index in [2.05, 4.69) is 20.5 Å². The number of aromatic nitrogens is 3. The van der Waals surface area contributed by atoms with E-state index in [4.69, 9.17) is 34.8 Å². The van der Waals surface area contributed by atoms with Gasteiger partial charge < -0.3 is 5.32 Å². The number of hydrogen-bond acceptors (Lipinski definition) is 3. The number of nitrogens with zero attached hydrogens (tertiary/aromatic N) is 2. The number of hydrogen-bond donors (Lipinski definition) is 2. The van der Waals surface area contributed by atoms with Gasteiger partial charge in [0.2, 0.25) is 0 Å². The predicted molar refractivity (Wildman–Crippen MR) is 70.5 cm³/mol. The number of aryl methyl sites for hydroxylation is 1. The van der Waals surface area contributed by atoms with Crippen LogP contribution in [-0.4, -0.2) is 21.1 Å². The van der Waals surface area contributed by atoms with Gasteiger partial charge in [-0.3, -0.25) is 9.89 Å². The quantitative estimate of drug-likeness (QED) is 0.894. The molecule has 0 bridgehead atoms. The van der Waals surface area contributed by atoms with Crippen LogP contribution in [0.1, 0.15) is 16.1 Å². The van der Waals surface area contributed by atoms with E-state index in [1.54, 1.807) is 13.1 Å². The van der Waals surface area contributed by atoms with Crippen LogP contribution >= 0.6 is 34.8 Å². The van der Waals surface area contributed by atoms with Crippen molar-refractivity contribution in [1.29, 1.82) is 0 Å². The highest BCUT2D eigenvalue weighted by Gasteiger charge is 2.18. The van der Waals surface area contributed by atoms with Crippen LogP contribution in [0.15, 0.2) is 12.4 Å². The Labute approximate surface area is 117 Å². The maximum atomic E-state index is 11.9. The number of pyridine rings is 1. The topological polar surface area (TPSA) is 70.7 Å². The van der Waals surface area contributed by atoms with Crippen molar-refractivity contribution in [2.75, 3.05) is 5.32 Å². The van der Waals surface area contributed by atoms with E-state index >= 15 is 0 Å². The largest absolute Gasteiger partial charge is 0.305 e. The monoisotopic (exact) mass is 304 g/mol. The van der Waals surface area contributed by atoms with Gasteiger partial charge in [-0.25, -0.2) is 4.98 Å². The average molecular weight is 306 g/mol. The first-order valence-electron chi connectivity index (χ1n) is 4.81. The number of rotatable bonds is 2. The number of halogens is 3. The molecule has 0 fully saturated rings. The third-order valence-electron chi connectivity index (χ3n) is 2.20.